The number of fused-ring (bicyclic) bond motifs is 1. The lowest BCUT2D eigenvalue weighted by molar-refractivity contribution is -0.137. The number of hydrogen-bond acceptors (Lipinski definition) is 2. The molecule has 0 aliphatic heterocycles. The van der Waals surface area contributed by atoms with Crippen LogP contribution >= 0.6 is 0 Å². The summed E-state index contributed by atoms with van der Waals surface area (Å²) in [4.78, 5) is 18.7. The quantitative estimate of drug-likeness (QED) is 0.866. The van der Waals surface area contributed by atoms with Crippen LogP contribution in [-0.2, 0) is 11.2 Å². The number of aryl methyl sites for hydroxylation is 1. The molecule has 0 radical (unpaired) electrons. The van der Waals surface area contributed by atoms with Crippen LogP contribution in [0.15, 0.2) is 18.2 Å². The van der Waals surface area contributed by atoms with Crippen molar-refractivity contribution in [3.63, 3.8) is 0 Å². The van der Waals surface area contributed by atoms with Gasteiger partial charge in [-0.15, -0.1) is 0 Å². The lowest BCUT2D eigenvalue weighted by atomic mass is 9.85. The molecule has 2 N–H and O–H groups in total. The molecular formula is C15H20N2O2. The Morgan fingerprint density at radius 1 is 1.42 bits per heavy atom. The van der Waals surface area contributed by atoms with Gasteiger partial charge in [-0.3, -0.25) is 4.79 Å². The predicted molar refractivity (Wildman–Crippen MR) is 75.3 cm³/mol. The number of carboxylic acids is 1. The van der Waals surface area contributed by atoms with E-state index in [2.05, 4.69) is 30.7 Å². The van der Waals surface area contributed by atoms with Gasteiger partial charge in [0.2, 0.25) is 0 Å². The average Bonchev–Trinajstić information content (AvgIpc) is 2.77. The Morgan fingerprint density at radius 3 is 2.74 bits per heavy atom. The molecule has 19 heavy (non-hydrogen) atoms. The minimum Gasteiger partial charge on any atom is -0.481 e. The minimum atomic E-state index is -0.752. The van der Waals surface area contributed by atoms with Crippen LogP contribution in [0.4, 0.5) is 0 Å². The van der Waals surface area contributed by atoms with E-state index >= 15 is 0 Å². The molecule has 0 aliphatic carbocycles. The fraction of sp³-hybridized carbons (Fsp3) is 0.467. The van der Waals surface area contributed by atoms with Crippen molar-refractivity contribution in [1.29, 1.82) is 0 Å². The number of imidazole rings is 1. The number of H-pyrrole nitrogens is 1. The monoisotopic (exact) mass is 260 g/mol. The van der Waals surface area contributed by atoms with Gasteiger partial charge in [0.05, 0.1) is 17.5 Å². The SMILES string of the molecule is CCc1nc2ccc(C(CC(=O)O)C(C)C)cc2[nH]1. The molecule has 0 bridgehead atoms. The Kier molecular flexibility index (Phi) is 3.88. The molecule has 1 unspecified atom stereocenters. The highest BCUT2D eigenvalue weighted by atomic mass is 16.4. The first-order valence-electron chi connectivity index (χ1n) is 6.71. The van der Waals surface area contributed by atoms with Gasteiger partial charge in [-0.1, -0.05) is 26.8 Å². The number of aromatic amines is 1. The van der Waals surface area contributed by atoms with Gasteiger partial charge in [0.25, 0.3) is 0 Å². The maximum Gasteiger partial charge on any atom is 0.303 e. The second kappa shape index (κ2) is 5.43. The summed E-state index contributed by atoms with van der Waals surface area (Å²) in [6, 6.07) is 6.00. The molecule has 1 heterocycles. The van der Waals surface area contributed by atoms with Crippen LogP contribution in [0, 0.1) is 5.92 Å². The van der Waals surface area contributed by atoms with Crippen molar-refractivity contribution in [2.24, 2.45) is 5.92 Å². The molecule has 102 valence electrons. The van der Waals surface area contributed by atoms with E-state index in [1.165, 1.54) is 0 Å². The van der Waals surface area contributed by atoms with Crippen molar-refractivity contribution in [1.82, 2.24) is 9.97 Å². The number of benzene rings is 1. The van der Waals surface area contributed by atoms with Crippen LogP contribution in [0.3, 0.4) is 0 Å². The Hall–Kier alpha value is -1.84. The van der Waals surface area contributed by atoms with E-state index in [0.29, 0.717) is 5.92 Å². The summed E-state index contributed by atoms with van der Waals surface area (Å²) in [5.41, 5.74) is 3.00. The molecule has 0 fully saturated rings. The standard InChI is InChI=1S/C15H20N2O2/c1-4-14-16-12-6-5-10(7-13(12)17-14)11(9(2)3)8-15(18)19/h5-7,9,11H,4,8H2,1-3H3,(H,16,17)(H,18,19). The van der Waals surface area contributed by atoms with Crippen molar-refractivity contribution in [2.75, 3.05) is 0 Å². The molecule has 1 aromatic carbocycles. The zero-order chi connectivity index (χ0) is 14.0. The molecule has 1 aromatic heterocycles. The van der Waals surface area contributed by atoms with Crippen LogP contribution < -0.4 is 0 Å². The molecule has 0 amide bonds. The summed E-state index contributed by atoms with van der Waals surface area (Å²) in [7, 11) is 0. The van der Waals surface area contributed by atoms with Gasteiger partial charge in [0, 0.05) is 6.42 Å². The number of aromatic nitrogens is 2. The Balaban J connectivity index is 2.39. The molecule has 0 spiro atoms. The first kappa shape index (κ1) is 13.6. The molecule has 1 atom stereocenters. The highest BCUT2D eigenvalue weighted by molar-refractivity contribution is 5.76. The maximum absolute atomic E-state index is 11.0. The summed E-state index contributed by atoms with van der Waals surface area (Å²) in [5, 5.41) is 9.03. The third-order valence-corrected chi connectivity index (χ3v) is 3.52. The second-order valence-electron chi connectivity index (χ2n) is 5.26. The Morgan fingerprint density at radius 2 is 2.16 bits per heavy atom. The predicted octanol–water partition coefficient (Wildman–Crippen LogP) is 3.34. The second-order valence-corrected chi connectivity index (χ2v) is 5.26. The Bertz CT molecular complexity index is 587. The van der Waals surface area contributed by atoms with Crippen LogP contribution in [-0.4, -0.2) is 21.0 Å². The van der Waals surface area contributed by atoms with Gasteiger partial charge in [-0.25, -0.2) is 4.98 Å². The normalized spacial score (nSPS) is 13.1. The van der Waals surface area contributed by atoms with Gasteiger partial charge < -0.3 is 10.1 Å². The van der Waals surface area contributed by atoms with Crippen LogP contribution in [0.5, 0.6) is 0 Å². The highest BCUT2D eigenvalue weighted by Crippen LogP contribution is 2.29. The van der Waals surface area contributed by atoms with Crippen LogP contribution in [0.25, 0.3) is 11.0 Å². The summed E-state index contributed by atoms with van der Waals surface area (Å²) >= 11 is 0. The van der Waals surface area contributed by atoms with E-state index in [-0.39, 0.29) is 12.3 Å². The van der Waals surface area contributed by atoms with E-state index < -0.39 is 5.97 Å². The van der Waals surface area contributed by atoms with Crippen molar-refractivity contribution < 1.29 is 9.90 Å². The van der Waals surface area contributed by atoms with Crippen LogP contribution in [0.1, 0.15) is 44.5 Å². The first-order chi connectivity index (χ1) is 9.01. The van der Waals surface area contributed by atoms with E-state index in [9.17, 15) is 4.79 Å². The number of carboxylic acid groups (broad SMARTS) is 1. The molecule has 0 saturated carbocycles. The van der Waals surface area contributed by atoms with Gasteiger partial charge in [0.1, 0.15) is 5.82 Å². The summed E-state index contributed by atoms with van der Waals surface area (Å²) in [5.74, 6) is 0.543. The summed E-state index contributed by atoms with van der Waals surface area (Å²) < 4.78 is 0. The number of nitrogens with zero attached hydrogens (tertiary/aromatic N) is 1. The minimum absolute atomic E-state index is 0.0373. The lowest BCUT2D eigenvalue weighted by Gasteiger charge is -2.19. The number of rotatable bonds is 5. The summed E-state index contributed by atoms with van der Waals surface area (Å²) in [6.07, 6.45) is 1.03. The zero-order valence-corrected chi connectivity index (χ0v) is 11.6. The lowest BCUT2D eigenvalue weighted by Crippen LogP contribution is -2.12. The molecule has 0 aliphatic rings. The van der Waals surface area contributed by atoms with Crippen molar-refractivity contribution in [3.8, 4) is 0 Å². The smallest absolute Gasteiger partial charge is 0.303 e. The molecule has 0 saturated heterocycles. The molecule has 2 aromatic rings. The molecular weight excluding hydrogens is 240 g/mol. The fourth-order valence-corrected chi connectivity index (χ4v) is 2.40. The molecule has 4 heteroatoms. The van der Waals surface area contributed by atoms with Crippen molar-refractivity contribution in [3.05, 3.63) is 29.6 Å². The van der Waals surface area contributed by atoms with Gasteiger partial charge in [-0.2, -0.15) is 0 Å². The highest BCUT2D eigenvalue weighted by Gasteiger charge is 2.20. The van der Waals surface area contributed by atoms with E-state index in [1.54, 1.807) is 0 Å². The first-order valence-corrected chi connectivity index (χ1v) is 6.71. The van der Waals surface area contributed by atoms with Crippen molar-refractivity contribution in [2.45, 2.75) is 39.5 Å². The van der Waals surface area contributed by atoms with Crippen molar-refractivity contribution >= 4 is 17.0 Å². The summed E-state index contributed by atoms with van der Waals surface area (Å²) in [6.45, 7) is 6.17. The van der Waals surface area contributed by atoms with E-state index in [1.807, 2.05) is 18.2 Å². The van der Waals surface area contributed by atoms with Gasteiger partial charge in [-0.05, 0) is 29.5 Å². The largest absolute Gasteiger partial charge is 0.481 e. The molecule has 2 rings (SSSR count). The molecule has 4 nitrogen and oxygen atoms in total. The van der Waals surface area contributed by atoms with Gasteiger partial charge >= 0.3 is 5.97 Å². The third-order valence-electron chi connectivity index (χ3n) is 3.52. The van der Waals surface area contributed by atoms with Crippen LogP contribution in [0.2, 0.25) is 0 Å². The third kappa shape index (κ3) is 2.95. The number of aliphatic carboxylic acids is 1. The Labute approximate surface area is 112 Å². The number of nitrogens with one attached hydrogen (secondary N) is 1. The maximum atomic E-state index is 11.0. The van der Waals surface area contributed by atoms with E-state index in [4.69, 9.17) is 5.11 Å². The topological polar surface area (TPSA) is 66.0 Å². The average molecular weight is 260 g/mol. The van der Waals surface area contributed by atoms with E-state index in [0.717, 1.165) is 28.8 Å². The number of hydrogen-bond donors (Lipinski definition) is 2. The van der Waals surface area contributed by atoms with Gasteiger partial charge in [0.15, 0.2) is 0 Å². The zero-order valence-electron chi connectivity index (χ0n) is 11.6. The number of carbonyl (C=O) groups is 1. The fourth-order valence-electron chi connectivity index (χ4n) is 2.40.